The zero-order valence-corrected chi connectivity index (χ0v) is 10.7. The number of hydrogen-bond acceptors (Lipinski definition) is 4. The molecule has 0 aliphatic rings. The molecule has 0 saturated heterocycles. The zero-order chi connectivity index (χ0) is 13.8. The van der Waals surface area contributed by atoms with Crippen LogP contribution in [0.15, 0.2) is 33.5 Å². The van der Waals surface area contributed by atoms with Crippen molar-refractivity contribution >= 4 is 16.7 Å². The van der Waals surface area contributed by atoms with Gasteiger partial charge >= 0.3 is 5.69 Å². The lowest BCUT2D eigenvalue weighted by molar-refractivity contribution is -0.387. The normalized spacial score (nSPS) is 10.8. The summed E-state index contributed by atoms with van der Waals surface area (Å²) < 4.78 is 5.54. The number of fused-ring (bicyclic) bond motifs is 1. The van der Waals surface area contributed by atoms with Gasteiger partial charge in [-0.3, -0.25) is 14.9 Å². The Labute approximate surface area is 110 Å². The summed E-state index contributed by atoms with van der Waals surface area (Å²) in [6.45, 7) is 2.05. The molecule has 0 N–H and O–H groups in total. The number of benzene rings is 1. The summed E-state index contributed by atoms with van der Waals surface area (Å²) in [6.07, 6.45) is 3.15. The molecule has 0 aliphatic heterocycles. The fourth-order valence-corrected chi connectivity index (χ4v) is 2.07. The first-order chi connectivity index (χ1) is 9.15. The van der Waals surface area contributed by atoms with E-state index in [1.807, 2.05) is 6.92 Å². The molecule has 2 rings (SSSR count). The van der Waals surface area contributed by atoms with E-state index in [-0.39, 0.29) is 11.1 Å². The van der Waals surface area contributed by atoms with E-state index in [9.17, 15) is 14.9 Å². The molecular weight excluding hydrogens is 246 g/mol. The number of aryl methyl sites for hydroxylation is 1. The van der Waals surface area contributed by atoms with Gasteiger partial charge in [-0.1, -0.05) is 31.9 Å². The third-order valence-corrected chi connectivity index (χ3v) is 3.03. The Hall–Kier alpha value is -2.17. The summed E-state index contributed by atoms with van der Waals surface area (Å²) in [4.78, 5) is 22.5. The molecular formula is C14H15NO4. The minimum atomic E-state index is -0.639. The maximum Gasteiger partial charge on any atom is 0.354 e. The van der Waals surface area contributed by atoms with Gasteiger partial charge in [0, 0.05) is 6.42 Å². The highest BCUT2D eigenvalue weighted by Crippen LogP contribution is 2.22. The average Bonchev–Trinajstić information content (AvgIpc) is 2.39. The minimum Gasteiger partial charge on any atom is -0.454 e. The van der Waals surface area contributed by atoms with Crippen molar-refractivity contribution in [1.82, 2.24) is 0 Å². The average molecular weight is 261 g/mol. The van der Waals surface area contributed by atoms with E-state index in [2.05, 4.69) is 0 Å². The molecule has 5 heteroatoms. The predicted octanol–water partition coefficient (Wildman–Crippen LogP) is 3.43. The van der Waals surface area contributed by atoms with Crippen LogP contribution in [0.25, 0.3) is 11.0 Å². The summed E-state index contributed by atoms with van der Waals surface area (Å²) in [7, 11) is 0. The van der Waals surface area contributed by atoms with Crippen molar-refractivity contribution in [3.63, 3.8) is 0 Å². The first-order valence-electron chi connectivity index (χ1n) is 6.34. The summed E-state index contributed by atoms with van der Waals surface area (Å²) >= 11 is 0. The second-order valence-electron chi connectivity index (χ2n) is 4.41. The molecule has 2 aromatic rings. The monoisotopic (exact) mass is 261 g/mol. The molecule has 0 atom stereocenters. The van der Waals surface area contributed by atoms with Gasteiger partial charge in [0.1, 0.15) is 5.58 Å². The Morgan fingerprint density at radius 2 is 2.00 bits per heavy atom. The molecule has 100 valence electrons. The maximum absolute atomic E-state index is 12.1. The Balaban J connectivity index is 2.57. The molecule has 1 aromatic heterocycles. The smallest absolute Gasteiger partial charge is 0.354 e. The number of unbranched alkanes of at least 4 members (excludes halogenated alkanes) is 2. The SMILES string of the molecule is CCCCCc1oc2ccccc2c(=O)c1[N+](=O)[O-]. The number of para-hydroxylation sites is 1. The van der Waals surface area contributed by atoms with Gasteiger partial charge in [-0.05, 0) is 18.6 Å². The molecule has 0 amide bonds. The molecule has 0 spiro atoms. The van der Waals surface area contributed by atoms with Gasteiger partial charge in [0.2, 0.25) is 0 Å². The lowest BCUT2D eigenvalue weighted by Crippen LogP contribution is -2.11. The molecule has 1 heterocycles. The van der Waals surface area contributed by atoms with Crippen molar-refractivity contribution < 1.29 is 9.34 Å². The Morgan fingerprint density at radius 3 is 2.68 bits per heavy atom. The summed E-state index contributed by atoms with van der Waals surface area (Å²) in [5, 5.41) is 11.3. The highest BCUT2D eigenvalue weighted by Gasteiger charge is 2.23. The van der Waals surface area contributed by atoms with Crippen molar-refractivity contribution in [2.24, 2.45) is 0 Å². The van der Waals surface area contributed by atoms with E-state index in [4.69, 9.17) is 4.42 Å². The predicted molar refractivity (Wildman–Crippen MR) is 72.4 cm³/mol. The molecule has 1 aromatic carbocycles. The third kappa shape index (κ3) is 2.65. The van der Waals surface area contributed by atoms with Crippen LogP contribution in [0.2, 0.25) is 0 Å². The quantitative estimate of drug-likeness (QED) is 0.469. The van der Waals surface area contributed by atoms with Gasteiger partial charge in [-0.2, -0.15) is 0 Å². The van der Waals surface area contributed by atoms with Crippen LogP contribution in [0.3, 0.4) is 0 Å². The van der Waals surface area contributed by atoms with Gasteiger partial charge in [0.25, 0.3) is 5.43 Å². The topological polar surface area (TPSA) is 73.3 Å². The van der Waals surface area contributed by atoms with Gasteiger partial charge in [-0.25, -0.2) is 0 Å². The second kappa shape index (κ2) is 5.65. The van der Waals surface area contributed by atoms with Crippen molar-refractivity contribution in [1.29, 1.82) is 0 Å². The summed E-state index contributed by atoms with van der Waals surface area (Å²) in [5.41, 5.74) is -0.572. The minimum absolute atomic E-state index is 0.183. The molecule has 0 aliphatic carbocycles. The summed E-state index contributed by atoms with van der Waals surface area (Å²) in [5.74, 6) is 0.183. The Bertz CT molecular complexity index is 660. The highest BCUT2D eigenvalue weighted by molar-refractivity contribution is 5.78. The lowest BCUT2D eigenvalue weighted by Gasteiger charge is -2.03. The van der Waals surface area contributed by atoms with E-state index in [1.165, 1.54) is 0 Å². The summed E-state index contributed by atoms with van der Waals surface area (Å²) in [6, 6.07) is 6.61. The fourth-order valence-electron chi connectivity index (χ4n) is 2.07. The van der Waals surface area contributed by atoms with E-state index >= 15 is 0 Å². The lowest BCUT2D eigenvalue weighted by atomic mass is 10.1. The van der Waals surface area contributed by atoms with Crippen LogP contribution in [-0.4, -0.2) is 4.92 Å². The third-order valence-electron chi connectivity index (χ3n) is 3.03. The van der Waals surface area contributed by atoms with Crippen molar-refractivity contribution in [2.75, 3.05) is 0 Å². The first kappa shape index (κ1) is 13.3. The van der Waals surface area contributed by atoms with E-state index in [1.54, 1.807) is 24.3 Å². The zero-order valence-electron chi connectivity index (χ0n) is 10.7. The van der Waals surface area contributed by atoms with Crippen molar-refractivity contribution in [3.05, 3.63) is 50.4 Å². The van der Waals surface area contributed by atoms with E-state index < -0.39 is 16.0 Å². The highest BCUT2D eigenvalue weighted by atomic mass is 16.6. The standard InChI is InChI=1S/C14H15NO4/c1-2-3-4-9-12-13(15(17)18)14(16)10-7-5-6-8-11(10)19-12/h5-8H,2-4,9H2,1H3. The van der Waals surface area contributed by atoms with Crippen LogP contribution in [0, 0.1) is 10.1 Å². The maximum atomic E-state index is 12.1. The number of hydrogen-bond donors (Lipinski definition) is 0. The first-order valence-corrected chi connectivity index (χ1v) is 6.34. The van der Waals surface area contributed by atoms with Crippen LogP contribution < -0.4 is 5.43 Å². The molecule has 0 bridgehead atoms. The van der Waals surface area contributed by atoms with Crippen LogP contribution in [-0.2, 0) is 6.42 Å². The van der Waals surface area contributed by atoms with Crippen molar-refractivity contribution in [3.8, 4) is 0 Å². The fraction of sp³-hybridized carbons (Fsp3) is 0.357. The molecule has 19 heavy (non-hydrogen) atoms. The van der Waals surface area contributed by atoms with Gasteiger partial charge in [0.15, 0.2) is 5.76 Å². The van der Waals surface area contributed by atoms with Crippen molar-refractivity contribution in [2.45, 2.75) is 32.6 Å². The van der Waals surface area contributed by atoms with E-state index in [0.717, 1.165) is 19.3 Å². The number of nitro groups is 1. The Morgan fingerprint density at radius 1 is 1.26 bits per heavy atom. The second-order valence-corrected chi connectivity index (χ2v) is 4.41. The molecule has 0 radical (unpaired) electrons. The van der Waals surface area contributed by atoms with Crippen LogP contribution in [0.4, 0.5) is 5.69 Å². The molecule has 0 unspecified atom stereocenters. The van der Waals surface area contributed by atoms with Crippen LogP contribution in [0.1, 0.15) is 31.9 Å². The van der Waals surface area contributed by atoms with E-state index in [0.29, 0.717) is 12.0 Å². The van der Waals surface area contributed by atoms with Crippen LogP contribution in [0.5, 0.6) is 0 Å². The van der Waals surface area contributed by atoms with Gasteiger partial charge < -0.3 is 4.42 Å². The van der Waals surface area contributed by atoms with Crippen LogP contribution >= 0.6 is 0 Å². The van der Waals surface area contributed by atoms with Gasteiger partial charge in [-0.15, -0.1) is 0 Å². The molecule has 5 nitrogen and oxygen atoms in total. The Kier molecular flexibility index (Phi) is 3.94. The molecule has 0 saturated carbocycles. The number of rotatable bonds is 5. The number of nitrogens with zero attached hydrogens (tertiary/aromatic N) is 1. The molecule has 0 fully saturated rings. The largest absolute Gasteiger partial charge is 0.454 e. The van der Waals surface area contributed by atoms with Gasteiger partial charge in [0.05, 0.1) is 10.3 Å².